The molecule has 0 amide bonds. The van der Waals surface area contributed by atoms with E-state index >= 15 is 0 Å². The Kier molecular flexibility index (Phi) is 1.45. The number of phenolic OH excluding ortho intramolecular Hbond substituents is 1. The van der Waals surface area contributed by atoms with Gasteiger partial charge in [-0.3, -0.25) is 4.90 Å². The fourth-order valence-corrected chi connectivity index (χ4v) is 2.67. The van der Waals surface area contributed by atoms with Gasteiger partial charge in [-0.1, -0.05) is 11.8 Å². The number of nitrogens with zero attached hydrogens (tertiary/aromatic N) is 3. The molecule has 3 rings (SSSR count). The maximum Gasteiger partial charge on any atom is 0.191 e. The van der Waals surface area contributed by atoms with E-state index in [-0.39, 0.29) is 11.2 Å². The molecular formula is C8H8N4OS. The molecule has 0 aromatic heterocycles. The lowest BCUT2D eigenvalue weighted by Crippen LogP contribution is -2.37. The molecule has 6 heteroatoms. The third kappa shape index (κ3) is 0.919. The monoisotopic (exact) mass is 208 g/mol. The molecule has 0 saturated carbocycles. The Morgan fingerprint density at radius 3 is 3.21 bits per heavy atom. The first-order chi connectivity index (χ1) is 6.75. The topological polar surface area (TPSA) is 65.1 Å². The Hall–Kier alpha value is -1.40. The van der Waals surface area contributed by atoms with E-state index < -0.39 is 0 Å². The van der Waals surface area contributed by atoms with E-state index in [1.54, 1.807) is 30.2 Å². The van der Waals surface area contributed by atoms with Crippen LogP contribution in [0.1, 0.15) is 0 Å². The lowest BCUT2D eigenvalue weighted by molar-refractivity contribution is 0.309. The summed E-state index contributed by atoms with van der Waals surface area (Å²) < 4.78 is 0. The molecule has 0 saturated heterocycles. The number of fused-ring (bicyclic) bond motifs is 3. The Morgan fingerprint density at radius 1 is 1.50 bits per heavy atom. The van der Waals surface area contributed by atoms with Gasteiger partial charge in [-0.25, -0.2) is 5.84 Å². The molecule has 0 radical (unpaired) electrons. The van der Waals surface area contributed by atoms with Crippen LogP contribution in [0, 0.1) is 0 Å². The first-order valence-corrected chi connectivity index (χ1v) is 5.00. The van der Waals surface area contributed by atoms with Gasteiger partial charge in [0.15, 0.2) is 5.50 Å². The van der Waals surface area contributed by atoms with Crippen LogP contribution < -0.4 is 10.7 Å². The third-order valence-corrected chi connectivity index (χ3v) is 3.48. The number of hydrazine groups is 1. The molecule has 2 heterocycles. The molecule has 0 aliphatic carbocycles. The summed E-state index contributed by atoms with van der Waals surface area (Å²) in [6.07, 6.45) is 1.67. The van der Waals surface area contributed by atoms with E-state index in [2.05, 4.69) is 5.10 Å². The third-order valence-electron chi connectivity index (χ3n) is 2.23. The van der Waals surface area contributed by atoms with Gasteiger partial charge in [0.25, 0.3) is 0 Å². The van der Waals surface area contributed by atoms with Crippen molar-refractivity contribution in [1.29, 1.82) is 0 Å². The van der Waals surface area contributed by atoms with Crippen LogP contribution in [0.4, 0.5) is 5.69 Å². The first kappa shape index (κ1) is 7.95. The summed E-state index contributed by atoms with van der Waals surface area (Å²) in [5.74, 6) is 5.91. The summed E-state index contributed by atoms with van der Waals surface area (Å²) in [5.41, 5.74) is 0.948. The Balaban J connectivity index is 2.10. The van der Waals surface area contributed by atoms with E-state index in [1.807, 2.05) is 11.0 Å². The van der Waals surface area contributed by atoms with Crippen molar-refractivity contribution < 1.29 is 5.11 Å². The van der Waals surface area contributed by atoms with Gasteiger partial charge in [-0.05, 0) is 12.1 Å². The second-order valence-electron chi connectivity index (χ2n) is 3.11. The van der Waals surface area contributed by atoms with Gasteiger partial charge in [0, 0.05) is 11.0 Å². The van der Waals surface area contributed by atoms with Crippen LogP contribution in [0.3, 0.4) is 0 Å². The minimum Gasteiger partial charge on any atom is -0.508 e. The molecule has 0 bridgehead atoms. The maximum absolute atomic E-state index is 9.36. The predicted octanol–water partition coefficient (Wildman–Crippen LogP) is 0.720. The SMILES string of the molecule is NN1N=CN2c3cc(O)ccc3SC12. The number of hydrazone groups is 1. The van der Waals surface area contributed by atoms with E-state index in [0.717, 1.165) is 10.6 Å². The number of nitrogens with two attached hydrogens (primary N) is 1. The van der Waals surface area contributed by atoms with E-state index in [1.165, 1.54) is 5.12 Å². The number of aromatic hydroxyl groups is 1. The largest absolute Gasteiger partial charge is 0.508 e. The summed E-state index contributed by atoms with van der Waals surface area (Å²) in [5, 5.41) is 14.7. The highest BCUT2D eigenvalue weighted by Crippen LogP contribution is 2.46. The summed E-state index contributed by atoms with van der Waals surface area (Å²) in [6.45, 7) is 0. The quantitative estimate of drug-likeness (QED) is 0.615. The number of hydrogen-bond donors (Lipinski definition) is 2. The van der Waals surface area contributed by atoms with Crippen LogP contribution >= 0.6 is 11.8 Å². The van der Waals surface area contributed by atoms with Crippen molar-refractivity contribution in [3.8, 4) is 5.75 Å². The lowest BCUT2D eigenvalue weighted by Gasteiger charge is -2.18. The van der Waals surface area contributed by atoms with Crippen LogP contribution in [0.2, 0.25) is 0 Å². The molecule has 5 nitrogen and oxygen atoms in total. The van der Waals surface area contributed by atoms with Crippen molar-refractivity contribution in [2.45, 2.75) is 10.4 Å². The molecule has 1 unspecified atom stereocenters. The smallest absolute Gasteiger partial charge is 0.191 e. The van der Waals surface area contributed by atoms with Crippen LogP contribution in [0.15, 0.2) is 28.2 Å². The zero-order valence-corrected chi connectivity index (χ0v) is 7.98. The number of rotatable bonds is 0. The number of benzene rings is 1. The molecular weight excluding hydrogens is 200 g/mol. The van der Waals surface area contributed by atoms with Gasteiger partial charge in [0.05, 0.1) is 5.69 Å². The molecule has 0 spiro atoms. The van der Waals surface area contributed by atoms with Crippen LogP contribution in [-0.2, 0) is 0 Å². The highest BCUT2D eigenvalue weighted by molar-refractivity contribution is 8.00. The fourth-order valence-electron chi connectivity index (χ4n) is 1.57. The van der Waals surface area contributed by atoms with Crippen LogP contribution in [0.25, 0.3) is 0 Å². The van der Waals surface area contributed by atoms with Gasteiger partial charge >= 0.3 is 0 Å². The van der Waals surface area contributed by atoms with Crippen molar-refractivity contribution in [3.05, 3.63) is 18.2 Å². The van der Waals surface area contributed by atoms with Gasteiger partial charge in [0.2, 0.25) is 0 Å². The summed E-state index contributed by atoms with van der Waals surface area (Å²) in [4.78, 5) is 3.04. The van der Waals surface area contributed by atoms with E-state index in [9.17, 15) is 5.11 Å². The standard InChI is InChI=1S/C8H8N4OS/c9-12-8-11(4-10-12)6-3-5(13)1-2-7(6)14-8/h1-4,8,13H,9H2. The Morgan fingerprint density at radius 2 is 2.36 bits per heavy atom. The highest BCUT2D eigenvalue weighted by Gasteiger charge is 2.36. The normalized spacial score (nSPS) is 22.8. The van der Waals surface area contributed by atoms with E-state index in [4.69, 9.17) is 5.84 Å². The number of phenols is 1. The molecule has 2 aliphatic heterocycles. The lowest BCUT2D eigenvalue weighted by atomic mass is 10.3. The van der Waals surface area contributed by atoms with Crippen LogP contribution in [0.5, 0.6) is 5.75 Å². The van der Waals surface area contributed by atoms with Gasteiger partial charge < -0.3 is 5.11 Å². The number of anilines is 1. The molecule has 1 aromatic carbocycles. The first-order valence-electron chi connectivity index (χ1n) is 4.12. The second-order valence-corrected chi connectivity index (χ2v) is 4.21. The molecule has 2 aliphatic rings. The van der Waals surface area contributed by atoms with Gasteiger partial charge in [-0.2, -0.15) is 5.12 Å². The van der Waals surface area contributed by atoms with Crippen molar-refractivity contribution in [3.63, 3.8) is 0 Å². The zero-order chi connectivity index (χ0) is 9.71. The Bertz CT molecular complexity index is 422. The minimum atomic E-state index is -0.00759. The highest BCUT2D eigenvalue weighted by atomic mass is 32.2. The minimum absolute atomic E-state index is 0.00759. The average Bonchev–Trinajstić information content (AvgIpc) is 2.67. The fraction of sp³-hybridized carbons (Fsp3) is 0.125. The predicted molar refractivity (Wildman–Crippen MR) is 54.7 cm³/mol. The Labute approximate surface area is 84.8 Å². The zero-order valence-electron chi connectivity index (χ0n) is 7.16. The molecule has 1 atom stereocenters. The number of thioether (sulfide) groups is 1. The maximum atomic E-state index is 9.36. The molecule has 1 aromatic rings. The molecule has 72 valence electrons. The summed E-state index contributed by atoms with van der Waals surface area (Å²) in [6, 6.07) is 5.27. The van der Waals surface area contributed by atoms with Crippen molar-refractivity contribution >= 4 is 23.8 Å². The van der Waals surface area contributed by atoms with Crippen molar-refractivity contribution in [1.82, 2.24) is 5.12 Å². The summed E-state index contributed by atoms with van der Waals surface area (Å²) >= 11 is 1.61. The van der Waals surface area contributed by atoms with Gasteiger partial charge in [0.1, 0.15) is 12.1 Å². The number of hydrogen-bond acceptors (Lipinski definition) is 6. The average molecular weight is 208 g/mol. The van der Waals surface area contributed by atoms with Crippen LogP contribution in [-0.4, -0.2) is 22.1 Å². The van der Waals surface area contributed by atoms with Crippen molar-refractivity contribution in [2.75, 3.05) is 4.90 Å². The van der Waals surface area contributed by atoms with E-state index in [0.29, 0.717) is 0 Å². The van der Waals surface area contributed by atoms with Gasteiger partial charge in [-0.15, -0.1) is 5.10 Å². The van der Waals surface area contributed by atoms with Crippen molar-refractivity contribution in [2.24, 2.45) is 10.9 Å². The summed E-state index contributed by atoms with van der Waals surface area (Å²) in [7, 11) is 0. The second kappa shape index (κ2) is 2.55. The molecule has 0 fully saturated rings. The molecule has 14 heavy (non-hydrogen) atoms. The molecule has 3 N–H and O–H groups in total.